The van der Waals surface area contributed by atoms with Gasteiger partial charge in [-0.15, -0.1) is 0 Å². The summed E-state index contributed by atoms with van der Waals surface area (Å²) < 4.78 is 39.9. The second kappa shape index (κ2) is 6.97. The Morgan fingerprint density at radius 3 is 2.63 bits per heavy atom. The van der Waals surface area contributed by atoms with Crippen molar-refractivity contribution in [3.63, 3.8) is 0 Å². The van der Waals surface area contributed by atoms with Crippen molar-refractivity contribution >= 4 is 31.9 Å². The van der Waals surface area contributed by atoms with Crippen LogP contribution in [0.2, 0.25) is 0 Å². The molecule has 0 saturated heterocycles. The molecule has 106 valence electrons. The van der Waals surface area contributed by atoms with Gasteiger partial charge in [0.2, 0.25) is 15.9 Å². The van der Waals surface area contributed by atoms with Crippen LogP contribution >= 0.6 is 15.9 Å². The van der Waals surface area contributed by atoms with Gasteiger partial charge in [-0.05, 0) is 31.0 Å². The minimum atomic E-state index is -3.87. The van der Waals surface area contributed by atoms with Crippen LogP contribution in [0.25, 0.3) is 0 Å². The summed E-state index contributed by atoms with van der Waals surface area (Å²) in [5.41, 5.74) is 4.95. The zero-order valence-corrected chi connectivity index (χ0v) is 12.4. The van der Waals surface area contributed by atoms with E-state index in [0.29, 0.717) is 17.3 Å². The predicted octanol–water partition coefficient (Wildman–Crippen LogP) is 1.52. The molecule has 0 aliphatic rings. The average molecular weight is 353 g/mol. The molecule has 0 atom stereocenters. The lowest BCUT2D eigenvalue weighted by Crippen LogP contribution is -2.26. The largest absolute Gasteiger partial charge is 0.370 e. The number of amides is 1. The third-order valence-electron chi connectivity index (χ3n) is 2.33. The lowest BCUT2D eigenvalue weighted by atomic mass is 10.2. The van der Waals surface area contributed by atoms with Gasteiger partial charge >= 0.3 is 0 Å². The van der Waals surface area contributed by atoms with Gasteiger partial charge in [0.25, 0.3) is 0 Å². The monoisotopic (exact) mass is 352 g/mol. The fourth-order valence-corrected chi connectivity index (χ4v) is 2.87. The van der Waals surface area contributed by atoms with Gasteiger partial charge in [0.15, 0.2) is 0 Å². The summed E-state index contributed by atoms with van der Waals surface area (Å²) in [6, 6.07) is 3.72. The van der Waals surface area contributed by atoms with E-state index in [1.54, 1.807) is 0 Å². The zero-order chi connectivity index (χ0) is 14.5. The van der Waals surface area contributed by atoms with Crippen molar-refractivity contribution in [1.82, 2.24) is 4.72 Å². The van der Waals surface area contributed by atoms with Crippen LogP contribution in [0.4, 0.5) is 4.39 Å². The molecule has 3 N–H and O–H groups in total. The van der Waals surface area contributed by atoms with Crippen LogP contribution in [0.15, 0.2) is 27.6 Å². The molecule has 0 bridgehead atoms. The second-order valence-corrected chi connectivity index (χ2v) is 6.55. The van der Waals surface area contributed by atoms with Crippen molar-refractivity contribution in [2.24, 2.45) is 5.73 Å². The molecule has 0 spiro atoms. The highest BCUT2D eigenvalue weighted by molar-refractivity contribution is 9.10. The number of unbranched alkanes of at least 4 members (excludes halogenated alkanes) is 1. The number of nitrogens with one attached hydrogen (secondary N) is 1. The predicted molar refractivity (Wildman–Crippen MR) is 72.3 cm³/mol. The summed E-state index contributed by atoms with van der Waals surface area (Å²) in [7, 11) is -3.87. The maximum absolute atomic E-state index is 13.5. The summed E-state index contributed by atoms with van der Waals surface area (Å²) in [4.78, 5) is 10.1. The third-order valence-corrected chi connectivity index (χ3v) is 4.31. The van der Waals surface area contributed by atoms with E-state index < -0.39 is 26.6 Å². The minimum Gasteiger partial charge on any atom is -0.370 e. The maximum Gasteiger partial charge on any atom is 0.243 e. The number of rotatable bonds is 7. The van der Waals surface area contributed by atoms with E-state index in [4.69, 9.17) is 5.73 Å². The Kier molecular flexibility index (Phi) is 5.89. The molecule has 0 heterocycles. The van der Waals surface area contributed by atoms with Crippen molar-refractivity contribution in [1.29, 1.82) is 0 Å². The zero-order valence-electron chi connectivity index (χ0n) is 10.0. The van der Waals surface area contributed by atoms with Crippen LogP contribution in [0, 0.1) is 5.82 Å². The summed E-state index contributed by atoms with van der Waals surface area (Å²) in [5.74, 6) is -1.25. The summed E-state index contributed by atoms with van der Waals surface area (Å²) >= 11 is 3.05. The van der Waals surface area contributed by atoms with E-state index in [1.807, 2.05) is 0 Å². The van der Waals surface area contributed by atoms with Gasteiger partial charge in [0.05, 0.1) is 0 Å². The molecule has 0 radical (unpaired) electrons. The van der Waals surface area contributed by atoms with E-state index in [9.17, 15) is 17.6 Å². The quantitative estimate of drug-likeness (QED) is 0.729. The van der Waals surface area contributed by atoms with Gasteiger partial charge in [-0.1, -0.05) is 15.9 Å². The van der Waals surface area contributed by atoms with Gasteiger partial charge in [0.1, 0.15) is 10.7 Å². The number of hydrogen-bond acceptors (Lipinski definition) is 3. The molecule has 5 nitrogen and oxygen atoms in total. The molecule has 0 aliphatic carbocycles. The smallest absolute Gasteiger partial charge is 0.243 e. The van der Waals surface area contributed by atoms with Crippen molar-refractivity contribution in [2.75, 3.05) is 6.54 Å². The van der Waals surface area contributed by atoms with Gasteiger partial charge in [-0.2, -0.15) is 0 Å². The number of benzene rings is 1. The summed E-state index contributed by atoms with van der Waals surface area (Å²) in [6.45, 7) is 0.130. The first-order valence-electron chi connectivity index (χ1n) is 5.56. The number of primary amides is 1. The van der Waals surface area contributed by atoms with Crippen molar-refractivity contribution in [2.45, 2.75) is 24.2 Å². The molecule has 1 aromatic carbocycles. The first-order valence-corrected chi connectivity index (χ1v) is 7.83. The number of sulfonamides is 1. The van der Waals surface area contributed by atoms with E-state index in [1.165, 1.54) is 12.1 Å². The Balaban J connectivity index is 2.59. The molecule has 0 unspecified atom stereocenters. The molecule has 0 aliphatic heterocycles. The van der Waals surface area contributed by atoms with Crippen molar-refractivity contribution in [3.8, 4) is 0 Å². The molecule has 0 fully saturated rings. The molecule has 8 heteroatoms. The molecule has 0 saturated carbocycles. The van der Waals surface area contributed by atoms with Crippen LogP contribution in [-0.4, -0.2) is 20.9 Å². The molecular formula is C11H14BrFN2O3S. The van der Waals surface area contributed by atoms with Crippen LogP contribution in [0.1, 0.15) is 19.3 Å². The first kappa shape index (κ1) is 16.1. The van der Waals surface area contributed by atoms with E-state index in [2.05, 4.69) is 20.7 Å². The van der Waals surface area contributed by atoms with Gasteiger partial charge in [-0.25, -0.2) is 17.5 Å². The number of carbonyl (C=O) groups excluding carboxylic acids is 1. The Morgan fingerprint density at radius 1 is 1.37 bits per heavy atom. The fourth-order valence-electron chi connectivity index (χ4n) is 1.40. The molecular weight excluding hydrogens is 339 g/mol. The molecule has 1 amide bonds. The topological polar surface area (TPSA) is 89.3 Å². The number of halogens is 2. The molecule has 19 heavy (non-hydrogen) atoms. The Labute approximate surface area is 119 Å². The first-order chi connectivity index (χ1) is 8.83. The summed E-state index contributed by atoms with van der Waals surface area (Å²) in [5, 5.41) is 0. The molecule has 1 rings (SSSR count). The van der Waals surface area contributed by atoms with Crippen molar-refractivity contribution in [3.05, 3.63) is 28.5 Å². The number of hydrogen-bond donors (Lipinski definition) is 2. The van der Waals surface area contributed by atoms with Crippen LogP contribution in [0.3, 0.4) is 0 Å². The van der Waals surface area contributed by atoms with E-state index in [0.717, 1.165) is 6.07 Å². The third kappa shape index (κ3) is 5.25. The second-order valence-electron chi connectivity index (χ2n) is 3.90. The maximum atomic E-state index is 13.5. The highest BCUT2D eigenvalue weighted by Crippen LogP contribution is 2.19. The lowest BCUT2D eigenvalue weighted by molar-refractivity contribution is -0.118. The Hall–Kier alpha value is -0.990. The lowest BCUT2D eigenvalue weighted by Gasteiger charge is -2.07. The van der Waals surface area contributed by atoms with Crippen LogP contribution in [-0.2, 0) is 14.8 Å². The van der Waals surface area contributed by atoms with Crippen LogP contribution < -0.4 is 10.5 Å². The minimum absolute atomic E-state index is 0.130. The highest BCUT2D eigenvalue weighted by atomic mass is 79.9. The van der Waals surface area contributed by atoms with Gasteiger partial charge in [0, 0.05) is 17.4 Å². The van der Waals surface area contributed by atoms with E-state index >= 15 is 0 Å². The Morgan fingerprint density at radius 2 is 2.05 bits per heavy atom. The SMILES string of the molecule is NC(=O)CCCCNS(=O)(=O)c1ccc(Br)cc1F. The van der Waals surface area contributed by atoms with Gasteiger partial charge < -0.3 is 5.73 Å². The van der Waals surface area contributed by atoms with Gasteiger partial charge in [-0.3, -0.25) is 4.79 Å². The number of nitrogens with two attached hydrogens (primary N) is 1. The van der Waals surface area contributed by atoms with Crippen molar-refractivity contribution < 1.29 is 17.6 Å². The molecule has 1 aromatic rings. The fraction of sp³-hybridized carbons (Fsp3) is 0.364. The molecule has 0 aromatic heterocycles. The normalized spacial score (nSPS) is 11.5. The standard InChI is InChI=1S/C11H14BrFN2O3S/c12-8-4-5-10(9(13)7-8)19(17,18)15-6-2-1-3-11(14)16/h4-5,7,15H,1-3,6H2,(H2,14,16). The number of carbonyl (C=O) groups is 1. The highest BCUT2D eigenvalue weighted by Gasteiger charge is 2.18. The summed E-state index contributed by atoms with van der Waals surface area (Å²) in [6.07, 6.45) is 1.15. The van der Waals surface area contributed by atoms with E-state index in [-0.39, 0.29) is 13.0 Å². The Bertz CT molecular complexity index is 563. The average Bonchev–Trinajstić information content (AvgIpc) is 2.27. The van der Waals surface area contributed by atoms with Crippen LogP contribution in [0.5, 0.6) is 0 Å².